The van der Waals surface area contributed by atoms with E-state index in [1.54, 1.807) is 0 Å². The van der Waals surface area contributed by atoms with E-state index in [9.17, 15) is 80.2 Å². The first-order chi connectivity index (χ1) is 20.0. The average Bonchev–Trinajstić information content (AvgIpc) is 2.83. The van der Waals surface area contributed by atoms with Crippen molar-refractivity contribution in [3.05, 3.63) is 35.4 Å². The molecule has 0 spiro atoms. The maximum absolute atomic E-state index is 12.9. The topological polar surface area (TPSA) is 202 Å². The first kappa shape index (κ1) is 37.9. The first-order valence-electron chi connectivity index (χ1n) is 11.5. The lowest BCUT2D eigenvalue weighted by Gasteiger charge is -2.32. The van der Waals surface area contributed by atoms with Gasteiger partial charge < -0.3 is 19.7 Å². The molecule has 0 fully saturated rings. The van der Waals surface area contributed by atoms with Crippen LogP contribution in [0.3, 0.4) is 0 Å². The minimum atomic E-state index is -6.31. The zero-order valence-electron chi connectivity index (χ0n) is 21.9. The zero-order chi connectivity index (χ0) is 35.2. The molecule has 0 aliphatic rings. The van der Waals surface area contributed by atoms with Crippen LogP contribution >= 0.6 is 0 Å². The Labute approximate surface area is 245 Å². The summed E-state index contributed by atoms with van der Waals surface area (Å²) in [6, 6.07) is 1.61. The molecular weight excluding hydrogens is 691 g/mol. The Kier molecular flexibility index (Phi) is 10.3. The average molecular weight is 710 g/mol. The van der Waals surface area contributed by atoms with E-state index in [0.29, 0.717) is 25.1 Å². The predicted octanol–water partition coefficient (Wildman–Crippen LogP) is 3.60. The predicted molar refractivity (Wildman–Crippen MR) is 127 cm³/mol. The molecule has 23 heteroatoms. The Morgan fingerprint density at radius 1 is 0.711 bits per heavy atom. The summed E-state index contributed by atoms with van der Waals surface area (Å²) >= 11 is 0. The van der Waals surface area contributed by atoms with Crippen molar-refractivity contribution < 1.29 is 94.7 Å². The Balaban J connectivity index is 2.63. The number of esters is 2. The highest BCUT2D eigenvalue weighted by atomic mass is 32.2. The van der Waals surface area contributed by atoms with Gasteiger partial charge in [0.15, 0.2) is 5.60 Å². The van der Waals surface area contributed by atoms with Gasteiger partial charge in [-0.3, -0.25) is 9.11 Å². The number of rotatable bonds is 10. The third kappa shape index (κ3) is 8.13. The van der Waals surface area contributed by atoms with Crippen molar-refractivity contribution in [3.8, 4) is 0 Å². The molecule has 12 nitrogen and oxygen atoms in total. The van der Waals surface area contributed by atoms with Gasteiger partial charge in [0.25, 0.3) is 25.8 Å². The lowest BCUT2D eigenvalue weighted by molar-refractivity contribution is -0.371. The number of benzene rings is 2. The maximum Gasteiger partial charge on any atom is 0.426 e. The van der Waals surface area contributed by atoms with Crippen LogP contribution in [-0.4, -0.2) is 91.0 Å². The van der Waals surface area contributed by atoms with Gasteiger partial charge in [0, 0.05) is 23.6 Å². The second-order valence-electron chi connectivity index (χ2n) is 9.36. The molecule has 0 bridgehead atoms. The fourth-order valence-electron chi connectivity index (χ4n) is 3.52. The molecule has 1 unspecified atom stereocenters. The van der Waals surface area contributed by atoms with Crippen LogP contribution in [0.15, 0.2) is 34.1 Å². The SMILES string of the molecule is CC(O)(CCOC(=O)c1ccc2c(S(=O)(=O)O)cc(C(=O)OCCC(O)(C(F)(F)F)C(F)(F)F)cc2c1S(=O)(=O)O)C(F)(F)F. The number of halogens is 9. The third-order valence-corrected chi connectivity index (χ3v) is 7.96. The Morgan fingerprint density at radius 3 is 1.64 bits per heavy atom. The minimum absolute atomic E-state index is 0.227. The smallest absolute Gasteiger partial charge is 0.426 e. The van der Waals surface area contributed by atoms with E-state index in [1.807, 2.05) is 0 Å². The second kappa shape index (κ2) is 12.2. The van der Waals surface area contributed by atoms with Gasteiger partial charge in [0.05, 0.1) is 24.3 Å². The van der Waals surface area contributed by atoms with Gasteiger partial charge in [-0.1, -0.05) is 6.07 Å². The fourth-order valence-corrected chi connectivity index (χ4v) is 5.13. The van der Waals surface area contributed by atoms with Gasteiger partial charge in [-0.05, 0) is 25.1 Å². The molecule has 45 heavy (non-hydrogen) atoms. The van der Waals surface area contributed by atoms with E-state index in [1.165, 1.54) is 0 Å². The molecule has 0 aliphatic carbocycles. The van der Waals surface area contributed by atoms with E-state index in [2.05, 4.69) is 9.47 Å². The fraction of sp³-hybridized carbons (Fsp3) is 0.455. The molecule has 0 amide bonds. The van der Waals surface area contributed by atoms with Crippen molar-refractivity contribution in [1.82, 2.24) is 0 Å². The van der Waals surface area contributed by atoms with Crippen molar-refractivity contribution in [3.63, 3.8) is 0 Å². The van der Waals surface area contributed by atoms with Crippen LogP contribution in [0.4, 0.5) is 39.5 Å². The van der Waals surface area contributed by atoms with Gasteiger partial charge in [-0.25, -0.2) is 9.59 Å². The molecule has 0 aliphatic heterocycles. The summed E-state index contributed by atoms with van der Waals surface area (Å²) in [6.45, 7) is -2.73. The highest BCUT2D eigenvalue weighted by Gasteiger charge is 2.70. The van der Waals surface area contributed by atoms with Crippen molar-refractivity contribution in [2.75, 3.05) is 13.2 Å². The number of carbonyl (C=O) groups is 2. The summed E-state index contributed by atoms with van der Waals surface area (Å²) in [7, 11) is -11.2. The number of aliphatic hydroxyl groups is 2. The van der Waals surface area contributed by atoms with E-state index in [0.717, 1.165) is 0 Å². The lowest BCUT2D eigenvalue weighted by Crippen LogP contribution is -2.57. The molecule has 0 heterocycles. The third-order valence-electron chi connectivity index (χ3n) is 6.11. The molecule has 2 aromatic rings. The maximum atomic E-state index is 12.9. The van der Waals surface area contributed by atoms with E-state index in [-0.39, 0.29) is 6.07 Å². The van der Waals surface area contributed by atoms with Crippen molar-refractivity contribution >= 4 is 42.9 Å². The van der Waals surface area contributed by atoms with Crippen molar-refractivity contribution in [2.24, 2.45) is 0 Å². The van der Waals surface area contributed by atoms with E-state index < -0.39 is 120 Å². The summed E-state index contributed by atoms with van der Waals surface area (Å²) < 4.78 is 192. The minimum Gasteiger partial charge on any atom is -0.462 e. The highest BCUT2D eigenvalue weighted by molar-refractivity contribution is 7.86. The lowest BCUT2D eigenvalue weighted by atomic mass is 9.99. The summed E-state index contributed by atoms with van der Waals surface area (Å²) in [5, 5.41) is 16.6. The van der Waals surface area contributed by atoms with Gasteiger partial charge in [-0.2, -0.15) is 56.3 Å². The van der Waals surface area contributed by atoms with Gasteiger partial charge in [0.1, 0.15) is 9.79 Å². The normalized spacial score (nSPS) is 15.1. The summed E-state index contributed by atoms with van der Waals surface area (Å²) in [5.74, 6) is -3.75. The van der Waals surface area contributed by atoms with Gasteiger partial charge in [0.2, 0.25) is 0 Å². The summed E-state index contributed by atoms with van der Waals surface area (Å²) in [5.41, 5.74) is -11.2. The molecular formula is C22H19F9O12S2. The molecule has 0 aromatic heterocycles. The molecule has 0 saturated heterocycles. The first-order valence-corrected chi connectivity index (χ1v) is 14.4. The largest absolute Gasteiger partial charge is 0.462 e. The number of carbonyl (C=O) groups excluding carboxylic acids is 2. The molecule has 254 valence electrons. The summed E-state index contributed by atoms with van der Waals surface area (Å²) in [4.78, 5) is 22.1. The van der Waals surface area contributed by atoms with E-state index in [4.69, 9.17) is 5.11 Å². The zero-order valence-corrected chi connectivity index (χ0v) is 23.5. The Morgan fingerprint density at radius 2 is 1.20 bits per heavy atom. The number of alkyl halides is 9. The molecule has 0 saturated carbocycles. The second-order valence-corrected chi connectivity index (χ2v) is 12.1. The van der Waals surface area contributed by atoms with Crippen LogP contribution in [0.2, 0.25) is 0 Å². The monoisotopic (exact) mass is 710 g/mol. The molecule has 1 atom stereocenters. The molecule has 4 N–H and O–H groups in total. The Bertz CT molecular complexity index is 1680. The van der Waals surface area contributed by atoms with Crippen LogP contribution in [0.25, 0.3) is 10.8 Å². The van der Waals surface area contributed by atoms with Crippen LogP contribution in [0, 0.1) is 0 Å². The van der Waals surface area contributed by atoms with Gasteiger partial charge in [-0.15, -0.1) is 0 Å². The number of fused-ring (bicyclic) bond motifs is 1. The number of hydrogen-bond acceptors (Lipinski definition) is 10. The van der Waals surface area contributed by atoms with Crippen LogP contribution < -0.4 is 0 Å². The molecule has 2 rings (SSSR count). The Hall–Kier alpha value is -3.25. The standard InChI is InChI=1S/C22H19F9O12S2/c1-18(34,20(23,24)25)4-6-43-17(33)12-3-2-11-13(15(12)45(39,40)41)8-10(9-14(11)44(36,37)38)16(32)42-7-5-19(35,21(26,27)28)22(29,30)31/h2-3,8-9,34-35H,4-7H2,1H3,(H,36,37,38)(H,39,40,41). The number of ether oxygens (including phenoxy) is 2. The van der Waals surface area contributed by atoms with Crippen molar-refractivity contribution in [2.45, 2.75) is 59.3 Å². The van der Waals surface area contributed by atoms with Crippen LogP contribution in [0.5, 0.6) is 0 Å². The van der Waals surface area contributed by atoms with Crippen LogP contribution in [-0.2, 0) is 29.7 Å². The molecule has 2 aromatic carbocycles. The van der Waals surface area contributed by atoms with Crippen molar-refractivity contribution in [1.29, 1.82) is 0 Å². The quantitative estimate of drug-likeness (QED) is 0.159. The summed E-state index contributed by atoms with van der Waals surface area (Å²) in [6.07, 6.45) is -21.4. The highest BCUT2D eigenvalue weighted by Crippen LogP contribution is 2.45. The van der Waals surface area contributed by atoms with E-state index >= 15 is 0 Å². The van der Waals surface area contributed by atoms with Gasteiger partial charge >= 0.3 is 30.5 Å². The number of hydrogen-bond donors (Lipinski definition) is 4. The van der Waals surface area contributed by atoms with Crippen LogP contribution in [0.1, 0.15) is 40.5 Å². The molecule has 0 radical (unpaired) electrons.